The summed E-state index contributed by atoms with van der Waals surface area (Å²) in [5, 5.41) is 8.36. The number of rotatable bonds is 5. The Bertz CT molecular complexity index is 748. The highest BCUT2D eigenvalue weighted by molar-refractivity contribution is 6.33. The molecule has 2 aromatic rings. The number of carbonyl (C=O) groups is 1. The summed E-state index contributed by atoms with van der Waals surface area (Å²) in [7, 11) is 0. The van der Waals surface area contributed by atoms with Crippen molar-refractivity contribution >= 4 is 35.7 Å². The zero-order chi connectivity index (χ0) is 18.5. The molecule has 1 amide bonds. The second-order valence-electron chi connectivity index (χ2n) is 5.95. The monoisotopic (exact) mass is 414 g/mol. The van der Waals surface area contributed by atoms with Gasteiger partial charge in [-0.25, -0.2) is 4.39 Å². The van der Waals surface area contributed by atoms with Crippen LogP contribution in [0.15, 0.2) is 30.3 Å². The number of anilines is 1. The van der Waals surface area contributed by atoms with E-state index in [0.717, 1.165) is 12.2 Å². The minimum atomic E-state index is -0.599. The van der Waals surface area contributed by atoms with Gasteiger partial charge >= 0.3 is 0 Å². The molecule has 0 atom stereocenters. The van der Waals surface area contributed by atoms with E-state index in [9.17, 15) is 9.18 Å². The van der Waals surface area contributed by atoms with Crippen molar-refractivity contribution in [3.8, 4) is 5.88 Å². The fourth-order valence-electron chi connectivity index (χ4n) is 2.76. The van der Waals surface area contributed by atoms with Gasteiger partial charge in [0.15, 0.2) is 5.82 Å². The molecule has 0 N–H and O–H groups in total. The number of hydrogen-bond acceptors (Lipinski definition) is 5. The van der Waals surface area contributed by atoms with E-state index in [1.165, 1.54) is 18.2 Å². The summed E-state index contributed by atoms with van der Waals surface area (Å²) in [6, 6.07) is 7.88. The van der Waals surface area contributed by atoms with Crippen LogP contribution in [0.5, 0.6) is 5.88 Å². The van der Waals surface area contributed by atoms with Crippen molar-refractivity contribution in [2.45, 2.75) is 13.3 Å². The van der Waals surface area contributed by atoms with Crippen molar-refractivity contribution in [2.24, 2.45) is 0 Å². The molecular formula is C18H21Cl2FN4O2. The zero-order valence-electron chi connectivity index (χ0n) is 14.9. The van der Waals surface area contributed by atoms with Crippen LogP contribution in [-0.2, 0) is 0 Å². The second-order valence-corrected chi connectivity index (χ2v) is 6.36. The highest BCUT2D eigenvalue weighted by Gasteiger charge is 2.26. The normalized spacial score (nSPS) is 13.9. The van der Waals surface area contributed by atoms with Gasteiger partial charge in [-0.05, 0) is 24.6 Å². The van der Waals surface area contributed by atoms with Crippen LogP contribution in [-0.4, -0.2) is 53.8 Å². The Labute approximate surface area is 168 Å². The third-order valence-corrected chi connectivity index (χ3v) is 4.46. The lowest BCUT2D eigenvalue weighted by atomic mass is 10.1. The minimum absolute atomic E-state index is 0. The average molecular weight is 415 g/mol. The molecule has 1 aliphatic heterocycles. The van der Waals surface area contributed by atoms with E-state index in [1.807, 2.05) is 17.9 Å². The molecule has 0 spiro atoms. The summed E-state index contributed by atoms with van der Waals surface area (Å²) < 4.78 is 19.4. The van der Waals surface area contributed by atoms with Crippen LogP contribution in [0.1, 0.15) is 23.7 Å². The lowest BCUT2D eigenvalue weighted by Crippen LogP contribution is -2.49. The van der Waals surface area contributed by atoms with Crippen molar-refractivity contribution in [3.63, 3.8) is 0 Å². The molecule has 0 aliphatic carbocycles. The first-order chi connectivity index (χ1) is 12.6. The molecule has 1 aromatic carbocycles. The van der Waals surface area contributed by atoms with Gasteiger partial charge in [-0.1, -0.05) is 24.6 Å². The number of halogens is 3. The molecule has 2 heterocycles. The Morgan fingerprint density at radius 2 is 1.93 bits per heavy atom. The Balaban J connectivity index is 0.00000261. The summed E-state index contributed by atoms with van der Waals surface area (Å²) in [6.45, 7) is 4.71. The van der Waals surface area contributed by atoms with Crippen molar-refractivity contribution in [1.82, 2.24) is 15.1 Å². The van der Waals surface area contributed by atoms with Gasteiger partial charge in [-0.2, -0.15) is 0 Å². The van der Waals surface area contributed by atoms with E-state index in [0.29, 0.717) is 38.7 Å². The molecule has 1 aromatic heterocycles. The molecule has 0 unspecified atom stereocenters. The number of aromatic nitrogens is 2. The molecule has 1 saturated heterocycles. The summed E-state index contributed by atoms with van der Waals surface area (Å²) in [5.74, 6) is 0.240. The predicted octanol–water partition coefficient (Wildman–Crippen LogP) is 3.44. The second kappa shape index (κ2) is 9.71. The first-order valence-electron chi connectivity index (χ1n) is 8.55. The largest absolute Gasteiger partial charge is 0.477 e. The van der Waals surface area contributed by atoms with Crippen LogP contribution in [0.3, 0.4) is 0 Å². The molecular weight excluding hydrogens is 394 g/mol. The average Bonchev–Trinajstić information content (AvgIpc) is 2.67. The summed E-state index contributed by atoms with van der Waals surface area (Å²) in [6.07, 6.45) is 0.908. The van der Waals surface area contributed by atoms with E-state index in [-0.39, 0.29) is 28.9 Å². The number of piperazine rings is 1. The number of amides is 1. The highest BCUT2D eigenvalue weighted by Crippen LogP contribution is 2.22. The molecule has 6 nitrogen and oxygen atoms in total. The van der Waals surface area contributed by atoms with Crippen LogP contribution in [0, 0.1) is 5.82 Å². The number of carbonyl (C=O) groups excluding carboxylic acids is 1. The van der Waals surface area contributed by atoms with Crippen LogP contribution in [0.25, 0.3) is 0 Å². The van der Waals surface area contributed by atoms with Gasteiger partial charge in [0.05, 0.1) is 17.2 Å². The van der Waals surface area contributed by atoms with Gasteiger partial charge < -0.3 is 14.5 Å². The van der Waals surface area contributed by atoms with Crippen molar-refractivity contribution < 1.29 is 13.9 Å². The number of nitrogens with zero attached hydrogens (tertiary/aromatic N) is 4. The van der Waals surface area contributed by atoms with Gasteiger partial charge in [0.2, 0.25) is 5.88 Å². The van der Waals surface area contributed by atoms with Gasteiger partial charge in [0, 0.05) is 32.2 Å². The molecule has 3 rings (SSSR count). The third kappa shape index (κ3) is 4.99. The van der Waals surface area contributed by atoms with Crippen molar-refractivity contribution in [3.05, 3.63) is 46.7 Å². The highest BCUT2D eigenvalue weighted by atomic mass is 35.5. The standard InChI is InChI=1S/C18H20ClFN4O2.ClH/c1-2-12-26-16-7-6-15(21-22-16)23-8-10-24(11-9-23)18(25)17-13(19)4-3-5-14(17)20;/h3-7H,2,8-12H2,1H3;1H. The quantitative estimate of drug-likeness (QED) is 0.749. The molecule has 9 heteroatoms. The first-order valence-corrected chi connectivity index (χ1v) is 8.92. The number of benzene rings is 1. The summed E-state index contributed by atoms with van der Waals surface area (Å²) in [5.41, 5.74) is -0.0696. The van der Waals surface area contributed by atoms with Crippen molar-refractivity contribution in [2.75, 3.05) is 37.7 Å². The van der Waals surface area contributed by atoms with E-state index in [4.69, 9.17) is 16.3 Å². The molecule has 27 heavy (non-hydrogen) atoms. The molecule has 0 saturated carbocycles. The maximum Gasteiger partial charge on any atom is 0.258 e. The molecule has 146 valence electrons. The predicted molar refractivity (Wildman–Crippen MR) is 105 cm³/mol. The van der Waals surface area contributed by atoms with E-state index in [1.54, 1.807) is 11.0 Å². The van der Waals surface area contributed by atoms with Gasteiger partial charge in [-0.15, -0.1) is 22.6 Å². The molecule has 1 fully saturated rings. The Kier molecular flexibility index (Phi) is 7.62. The smallest absolute Gasteiger partial charge is 0.258 e. The zero-order valence-corrected chi connectivity index (χ0v) is 16.5. The third-order valence-electron chi connectivity index (χ3n) is 4.15. The SMILES string of the molecule is CCCOc1ccc(N2CCN(C(=O)c3c(F)cccc3Cl)CC2)nn1.Cl. The lowest BCUT2D eigenvalue weighted by molar-refractivity contribution is 0.0742. The van der Waals surface area contributed by atoms with Crippen molar-refractivity contribution in [1.29, 1.82) is 0 Å². The number of ether oxygens (including phenoxy) is 1. The fraction of sp³-hybridized carbons (Fsp3) is 0.389. The first kappa shape index (κ1) is 21.2. The Hall–Kier alpha value is -2.12. The fourth-order valence-corrected chi connectivity index (χ4v) is 3.01. The van der Waals surface area contributed by atoms with Crippen LogP contribution in [0.4, 0.5) is 10.2 Å². The Morgan fingerprint density at radius 3 is 2.52 bits per heavy atom. The van der Waals surface area contributed by atoms with Gasteiger partial charge in [0.1, 0.15) is 5.82 Å². The Morgan fingerprint density at radius 1 is 1.19 bits per heavy atom. The van der Waals surface area contributed by atoms with E-state index < -0.39 is 5.82 Å². The topological polar surface area (TPSA) is 58.6 Å². The van der Waals surface area contributed by atoms with Crippen LogP contribution >= 0.6 is 24.0 Å². The molecule has 1 aliphatic rings. The number of hydrogen-bond donors (Lipinski definition) is 0. The summed E-state index contributed by atoms with van der Waals surface area (Å²) in [4.78, 5) is 16.2. The summed E-state index contributed by atoms with van der Waals surface area (Å²) >= 11 is 5.99. The van der Waals surface area contributed by atoms with Gasteiger partial charge in [0.25, 0.3) is 5.91 Å². The lowest BCUT2D eigenvalue weighted by Gasteiger charge is -2.35. The maximum atomic E-state index is 14.0. The maximum absolute atomic E-state index is 14.0. The minimum Gasteiger partial charge on any atom is -0.477 e. The van der Waals surface area contributed by atoms with E-state index in [2.05, 4.69) is 10.2 Å². The molecule has 0 bridgehead atoms. The van der Waals surface area contributed by atoms with Gasteiger partial charge in [-0.3, -0.25) is 4.79 Å². The molecule has 0 radical (unpaired) electrons. The van der Waals surface area contributed by atoms with Crippen LogP contribution in [0.2, 0.25) is 5.02 Å². The van der Waals surface area contributed by atoms with Crippen LogP contribution < -0.4 is 9.64 Å². The van der Waals surface area contributed by atoms with E-state index >= 15 is 0 Å².